The van der Waals surface area contributed by atoms with Gasteiger partial charge in [-0.25, -0.2) is 0 Å². The van der Waals surface area contributed by atoms with Gasteiger partial charge in [-0.15, -0.1) is 0 Å². The maximum atomic E-state index is 6.55. The summed E-state index contributed by atoms with van der Waals surface area (Å²) in [7, 11) is 0. The zero-order valence-electron chi connectivity index (χ0n) is 27.6. The molecule has 0 aliphatic carbocycles. The van der Waals surface area contributed by atoms with E-state index in [-0.39, 0.29) is 6.71 Å². The van der Waals surface area contributed by atoms with Gasteiger partial charge in [0.1, 0.15) is 23.0 Å². The van der Waals surface area contributed by atoms with Gasteiger partial charge < -0.3 is 9.47 Å². The smallest absolute Gasteiger partial charge is 0.260 e. The minimum absolute atomic E-state index is 0.0173. The van der Waals surface area contributed by atoms with Crippen LogP contribution in [0.5, 0.6) is 23.0 Å². The molecule has 236 valence electrons. The normalized spacial score (nSPS) is 12.6. The van der Waals surface area contributed by atoms with Crippen molar-refractivity contribution in [3.8, 4) is 56.4 Å². The van der Waals surface area contributed by atoms with Crippen molar-refractivity contribution in [3.05, 3.63) is 176 Å². The molecule has 2 nitrogen and oxygen atoms in total. The van der Waals surface area contributed by atoms with Gasteiger partial charge in [0.2, 0.25) is 0 Å². The van der Waals surface area contributed by atoms with E-state index in [0.717, 1.165) is 44.9 Å². The van der Waals surface area contributed by atoms with Crippen molar-refractivity contribution in [3.63, 3.8) is 0 Å². The molecule has 0 amide bonds. The molecule has 0 unspecified atom stereocenters. The zero-order chi connectivity index (χ0) is 33.5. The summed E-state index contributed by atoms with van der Waals surface area (Å²) in [6.07, 6.45) is 0. The van der Waals surface area contributed by atoms with Gasteiger partial charge in [-0.3, -0.25) is 0 Å². The standard InChI is InChI=1S/C48H29BO2/c1-2-13-30(14-3-1)38-28-40-37-20-9-8-19-36(37)39(29-41(40)35-18-7-6-17-34(35)38)33-16-5-4-15-32(33)31-25-26-45-43(27-31)49-42-21-10-11-22-44(42)50-46-23-12-24-47(51-45)48(46)49/h1-29H. The first-order valence-corrected chi connectivity index (χ1v) is 17.5. The summed E-state index contributed by atoms with van der Waals surface area (Å²) in [4.78, 5) is 0. The van der Waals surface area contributed by atoms with Crippen LogP contribution >= 0.6 is 0 Å². The highest BCUT2D eigenvalue weighted by molar-refractivity contribution is 6.98. The second-order valence-corrected chi connectivity index (χ2v) is 13.5. The Balaban J connectivity index is 1.14. The SMILES string of the molecule is c1ccc(-c2cc3c4ccccc4c(-c4ccccc4-c4ccc5c(c4)B4c6ccccc6Oc6cccc(c64)O5)cc3c3ccccc23)cc1. The van der Waals surface area contributed by atoms with Gasteiger partial charge in [0.25, 0.3) is 6.71 Å². The molecule has 0 saturated heterocycles. The van der Waals surface area contributed by atoms with Crippen LogP contribution in [0.15, 0.2) is 176 Å². The fraction of sp³-hybridized carbons (Fsp3) is 0. The Kier molecular flexibility index (Phi) is 6.08. The molecule has 0 N–H and O–H groups in total. The van der Waals surface area contributed by atoms with Crippen molar-refractivity contribution >= 4 is 55.4 Å². The maximum absolute atomic E-state index is 6.55. The summed E-state index contributed by atoms with van der Waals surface area (Å²) >= 11 is 0. The molecule has 0 aromatic heterocycles. The molecule has 0 atom stereocenters. The van der Waals surface area contributed by atoms with E-state index in [1.807, 2.05) is 24.3 Å². The van der Waals surface area contributed by atoms with Crippen LogP contribution in [0.4, 0.5) is 0 Å². The van der Waals surface area contributed by atoms with E-state index in [9.17, 15) is 0 Å². The van der Waals surface area contributed by atoms with Crippen molar-refractivity contribution in [1.29, 1.82) is 0 Å². The van der Waals surface area contributed by atoms with E-state index >= 15 is 0 Å². The Morgan fingerprint density at radius 2 is 0.843 bits per heavy atom. The van der Waals surface area contributed by atoms with Crippen LogP contribution < -0.4 is 25.9 Å². The molecule has 0 radical (unpaired) electrons. The average molecular weight is 649 g/mol. The highest BCUT2D eigenvalue weighted by Crippen LogP contribution is 2.44. The molecular weight excluding hydrogens is 619 g/mol. The number of benzene rings is 9. The summed E-state index contributed by atoms with van der Waals surface area (Å²) in [5.74, 6) is 3.51. The Morgan fingerprint density at radius 3 is 1.59 bits per heavy atom. The lowest BCUT2D eigenvalue weighted by Crippen LogP contribution is -2.57. The molecule has 0 spiro atoms. The van der Waals surface area contributed by atoms with Gasteiger partial charge in [-0.1, -0.05) is 140 Å². The Morgan fingerprint density at radius 1 is 0.294 bits per heavy atom. The molecule has 9 aromatic rings. The van der Waals surface area contributed by atoms with E-state index in [2.05, 4.69) is 152 Å². The van der Waals surface area contributed by atoms with Crippen LogP contribution in [0.3, 0.4) is 0 Å². The topological polar surface area (TPSA) is 18.5 Å². The van der Waals surface area contributed by atoms with Crippen molar-refractivity contribution in [2.24, 2.45) is 0 Å². The monoisotopic (exact) mass is 648 g/mol. The van der Waals surface area contributed by atoms with Gasteiger partial charge in [0.05, 0.1) is 0 Å². The number of hydrogen-bond donors (Lipinski definition) is 0. The van der Waals surface area contributed by atoms with E-state index in [1.165, 1.54) is 60.1 Å². The second kappa shape index (κ2) is 11.0. The van der Waals surface area contributed by atoms with Crippen molar-refractivity contribution in [2.75, 3.05) is 0 Å². The van der Waals surface area contributed by atoms with Crippen LogP contribution in [0.1, 0.15) is 0 Å². The van der Waals surface area contributed by atoms with Crippen LogP contribution in [0.2, 0.25) is 0 Å². The molecule has 0 fully saturated rings. The third-order valence-electron chi connectivity index (χ3n) is 10.8. The summed E-state index contributed by atoms with van der Waals surface area (Å²) in [6, 6.07) is 63.3. The molecule has 2 aliphatic rings. The molecule has 0 saturated carbocycles. The van der Waals surface area contributed by atoms with Gasteiger partial charge >= 0.3 is 0 Å². The Bertz CT molecular complexity index is 2860. The Hall–Kier alpha value is -6.58. The maximum Gasteiger partial charge on any atom is 0.260 e. The number of rotatable bonds is 3. The quantitative estimate of drug-likeness (QED) is 0.140. The van der Waals surface area contributed by atoms with Crippen LogP contribution in [0.25, 0.3) is 65.7 Å². The minimum Gasteiger partial charge on any atom is -0.458 e. The second-order valence-electron chi connectivity index (χ2n) is 13.5. The largest absolute Gasteiger partial charge is 0.458 e. The van der Waals surface area contributed by atoms with Crippen molar-refractivity contribution in [2.45, 2.75) is 0 Å². The summed E-state index contributed by atoms with van der Waals surface area (Å²) in [5.41, 5.74) is 10.7. The zero-order valence-corrected chi connectivity index (χ0v) is 27.6. The number of fused-ring (bicyclic) bond motifs is 9. The molecular formula is C48H29BO2. The predicted molar refractivity (Wildman–Crippen MR) is 213 cm³/mol. The Labute approximate surface area is 296 Å². The molecule has 11 rings (SSSR count). The van der Waals surface area contributed by atoms with Crippen LogP contribution in [-0.2, 0) is 0 Å². The van der Waals surface area contributed by atoms with E-state index in [0.29, 0.717) is 0 Å². The van der Waals surface area contributed by atoms with E-state index < -0.39 is 0 Å². The highest BCUT2D eigenvalue weighted by atomic mass is 16.5. The van der Waals surface area contributed by atoms with Crippen molar-refractivity contribution in [1.82, 2.24) is 0 Å². The first kappa shape index (κ1) is 28.3. The highest BCUT2D eigenvalue weighted by Gasteiger charge is 2.40. The number of ether oxygens (including phenoxy) is 2. The van der Waals surface area contributed by atoms with Crippen LogP contribution in [0, 0.1) is 0 Å². The summed E-state index contributed by atoms with van der Waals surface area (Å²) in [5, 5.41) is 7.54. The average Bonchev–Trinajstić information content (AvgIpc) is 3.20. The fourth-order valence-corrected chi connectivity index (χ4v) is 8.55. The van der Waals surface area contributed by atoms with Crippen molar-refractivity contribution < 1.29 is 9.47 Å². The van der Waals surface area contributed by atoms with Gasteiger partial charge in [-0.05, 0) is 113 Å². The molecule has 0 bridgehead atoms. The van der Waals surface area contributed by atoms with E-state index in [1.54, 1.807) is 0 Å². The molecule has 9 aromatic carbocycles. The third-order valence-corrected chi connectivity index (χ3v) is 10.8. The molecule has 2 aliphatic heterocycles. The lowest BCUT2D eigenvalue weighted by molar-refractivity contribution is 0.464. The van der Waals surface area contributed by atoms with Gasteiger partial charge in [-0.2, -0.15) is 0 Å². The third kappa shape index (κ3) is 4.25. The van der Waals surface area contributed by atoms with E-state index in [4.69, 9.17) is 9.47 Å². The minimum atomic E-state index is 0.0173. The van der Waals surface area contributed by atoms with Crippen LogP contribution in [-0.4, -0.2) is 6.71 Å². The number of hydrogen-bond acceptors (Lipinski definition) is 2. The lowest BCUT2D eigenvalue weighted by atomic mass is 9.35. The molecule has 2 heterocycles. The number of para-hydroxylation sites is 1. The predicted octanol–water partition coefficient (Wildman–Crippen LogP) is 10.9. The molecule has 3 heteroatoms. The summed E-state index contributed by atoms with van der Waals surface area (Å²) < 4.78 is 12.9. The first-order chi connectivity index (χ1) is 25.3. The molecule has 51 heavy (non-hydrogen) atoms. The lowest BCUT2D eigenvalue weighted by Gasteiger charge is -2.33. The summed E-state index contributed by atoms with van der Waals surface area (Å²) in [6.45, 7) is 0.0173. The van der Waals surface area contributed by atoms with Gasteiger partial charge in [0.15, 0.2) is 0 Å². The van der Waals surface area contributed by atoms with Gasteiger partial charge in [0, 0.05) is 5.46 Å². The first-order valence-electron chi connectivity index (χ1n) is 17.5. The fourth-order valence-electron chi connectivity index (χ4n) is 8.55.